The van der Waals surface area contributed by atoms with E-state index in [4.69, 9.17) is 0 Å². The Bertz CT molecular complexity index is 1500. The maximum atomic E-state index is 12.8. The second-order valence-corrected chi connectivity index (χ2v) is 10.0. The maximum Gasteiger partial charge on any atom is 0.234 e. The lowest BCUT2D eigenvalue weighted by Gasteiger charge is -2.10. The first-order chi connectivity index (χ1) is 17.2. The summed E-state index contributed by atoms with van der Waals surface area (Å²) in [5, 5.41) is 16.9. The summed E-state index contributed by atoms with van der Waals surface area (Å²) in [6.07, 6.45) is 1.83. The van der Waals surface area contributed by atoms with Crippen LogP contribution < -0.4 is 5.32 Å². The van der Waals surface area contributed by atoms with Crippen molar-refractivity contribution < 1.29 is 4.79 Å². The first-order valence-corrected chi connectivity index (χ1v) is 13.1. The highest BCUT2D eigenvalue weighted by molar-refractivity contribution is 7.99. The highest BCUT2D eigenvalue weighted by Gasteiger charge is 2.20. The van der Waals surface area contributed by atoms with Gasteiger partial charge >= 0.3 is 0 Å². The number of carbonyl (C=O) groups is 1. The number of fused-ring (bicyclic) bond motifs is 1. The molecule has 35 heavy (non-hydrogen) atoms. The summed E-state index contributed by atoms with van der Waals surface area (Å²) in [4.78, 5) is 14.0. The quantitative estimate of drug-likeness (QED) is 0.185. The van der Waals surface area contributed by atoms with Gasteiger partial charge in [0.05, 0.1) is 5.75 Å². The minimum Gasteiger partial charge on any atom is -0.325 e. The van der Waals surface area contributed by atoms with Crippen LogP contribution in [0.2, 0.25) is 0 Å². The van der Waals surface area contributed by atoms with Crippen molar-refractivity contribution in [2.24, 2.45) is 0 Å². The number of rotatable bonds is 8. The summed E-state index contributed by atoms with van der Waals surface area (Å²) in [6, 6.07) is 24.2. The molecule has 0 spiro atoms. The van der Waals surface area contributed by atoms with Crippen LogP contribution in [-0.4, -0.2) is 26.4 Å². The Morgan fingerprint density at radius 3 is 2.66 bits per heavy atom. The molecular formula is C28H24N4OS2. The molecule has 1 N–H and O–H groups in total. The molecule has 0 unspecified atom stereocenters. The molecule has 174 valence electrons. The summed E-state index contributed by atoms with van der Waals surface area (Å²) in [7, 11) is 0. The van der Waals surface area contributed by atoms with Crippen molar-refractivity contribution in [3.63, 3.8) is 0 Å². The van der Waals surface area contributed by atoms with Gasteiger partial charge in [0.2, 0.25) is 5.91 Å². The Morgan fingerprint density at radius 1 is 1.06 bits per heavy atom. The van der Waals surface area contributed by atoms with Crippen LogP contribution in [0.15, 0.2) is 96.0 Å². The van der Waals surface area contributed by atoms with E-state index in [-0.39, 0.29) is 11.7 Å². The Kier molecular flexibility index (Phi) is 6.79. The third kappa shape index (κ3) is 4.78. The van der Waals surface area contributed by atoms with Crippen molar-refractivity contribution in [1.82, 2.24) is 14.8 Å². The second kappa shape index (κ2) is 10.3. The molecule has 0 fully saturated rings. The number of thioether (sulfide) groups is 1. The number of thiophene rings is 1. The van der Waals surface area contributed by atoms with Crippen LogP contribution in [0.1, 0.15) is 4.88 Å². The molecule has 0 saturated heterocycles. The van der Waals surface area contributed by atoms with Gasteiger partial charge < -0.3 is 5.32 Å². The van der Waals surface area contributed by atoms with Gasteiger partial charge in [-0.1, -0.05) is 84.6 Å². The van der Waals surface area contributed by atoms with Crippen LogP contribution in [0.4, 0.5) is 5.69 Å². The highest BCUT2D eigenvalue weighted by atomic mass is 32.2. The van der Waals surface area contributed by atoms with Crippen LogP contribution in [0.25, 0.3) is 33.3 Å². The molecule has 0 radical (unpaired) electrons. The first-order valence-electron chi connectivity index (χ1n) is 11.2. The molecule has 0 aliphatic rings. The summed E-state index contributed by atoms with van der Waals surface area (Å²) < 4.78 is 2.02. The van der Waals surface area contributed by atoms with Crippen LogP contribution in [-0.2, 0) is 11.3 Å². The Balaban J connectivity index is 1.38. The SMILES string of the molecule is C=CCn1c(SCC(=O)Nc2cccc3ccccc23)nnc1-c1csc(C)c1-c1ccccc1. The van der Waals surface area contributed by atoms with E-state index < -0.39 is 0 Å². The lowest BCUT2D eigenvalue weighted by Crippen LogP contribution is -2.15. The van der Waals surface area contributed by atoms with E-state index in [9.17, 15) is 4.79 Å². The van der Waals surface area contributed by atoms with E-state index in [0.717, 1.165) is 33.4 Å². The standard InChI is InChI=1S/C28H24N4OS2/c1-3-16-32-27(23-17-34-19(2)26(23)21-11-5-4-6-12-21)30-31-28(32)35-18-25(33)29-24-15-9-13-20-10-7-8-14-22(20)24/h3-15,17H,1,16,18H2,2H3,(H,29,33). The number of allylic oxidation sites excluding steroid dienone is 1. The number of hydrogen-bond donors (Lipinski definition) is 1. The number of anilines is 1. The molecule has 3 aromatic carbocycles. The number of nitrogens with zero attached hydrogens (tertiary/aromatic N) is 3. The predicted molar refractivity (Wildman–Crippen MR) is 147 cm³/mol. The molecule has 5 rings (SSSR count). The van der Waals surface area contributed by atoms with E-state index >= 15 is 0 Å². The highest BCUT2D eigenvalue weighted by Crippen LogP contribution is 2.39. The zero-order valence-corrected chi connectivity index (χ0v) is 20.9. The van der Waals surface area contributed by atoms with Crippen LogP contribution in [0.3, 0.4) is 0 Å². The molecule has 2 aromatic heterocycles. The Hall–Kier alpha value is -3.68. The fourth-order valence-corrected chi connectivity index (χ4v) is 5.73. The number of nitrogens with one attached hydrogen (secondary N) is 1. The molecule has 0 atom stereocenters. The number of benzene rings is 3. The van der Waals surface area contributed by atoms with Gasteiger partial charge in [-0.15, -0.1) is 28.1 Å². The zero-order valence-electron chi connectivity index (χ0n) is 19.3. The lowest BCUT2D eigenvalue weighted by molar-refractivity contribution is -0.113. The van der Waals surface area contributed by atoms with Crippen molar-refractivity contribution in [2.75, 3.05) is 11.1 Å². The summed E-state index contributed by atoms with van der Waals surface area (Å²) >= 11 is 3.08. The van der Waals surface area contributed by atoms with Crippen molar-refractivity contribution in [3.05, 3.63) is 95.7 Å². The van der Waals surface area contributed by atoms with E-state index in [2.05, 4.69) is 46.5 Å². The van der Waals surface area contributed by atoms with E-state index in [1.807, 2.05) is 71.3 Å². The van der Waals surface area contributed by atoms with Crippen molar-refractivity contribution in [3.8, 4) is 22.5 Å². The monoisotopic (exact) mass is 496 g/mol. The lowest BCUT2D eigenvalue weighted by atomic mass is 10.0. The molecule has 2 heterocycles. The van der Waals surface area contributed by atoms with E-state index in [1.54, 1.807) is 11.3 Å². The second-order valence-electron chi connectivity index (χ2n) is 8.02. The van der Waals surface area contributed by atoms with Gasteiger partial charge in [-0.05, 0) is 23.9 Å². The third-order valence-electron chi connectivity index (χ3n) is 5.70. The Labute approximate surface area is 212 Å². The minimum atomic E-state index is -0.0857. The summed E-state index contributed by atoms with van der Waals surface area (Å²) in [5.41, 5.74) is 4.17. The van der Waals surface area contributed by atoms with Gasteiger partial charge in [0.1, 0.15) is 0 Å². The van der Waals surface area contributed by atoms with Crippen molar-refractivity contribution in [2.45, 2.75) is 18.6 Å². The average Bonchev–Trinajstić information content (AvgIpc) is 3.46. The largest absolute Gasteiger partial charge is 0.325 e. The van der Waals surface area contributed by atoms with E-state index in [1.165, 1.54) is 22.2 Å². The number of aryl methyl sites for hydroxylation is 1. The van der Waals surface area contributed by atoms with Crippen LogP contribution >= 0.6 is 23.1 Å². The molecule has 5 nitrogen and oxygen atoms in total. The minimum absolute atomic E-state index is 0.0857. The molecule has 0 bridgehead atoms. The molecule has 7 heteroatoms. The molecular weight excluding hydrogens is 472 g/mol. The van der Waals surface area contributed by atoms with Gasteiger partial charge in [0.15, 0.2) is 11.0 Å². The van der Waals surface area contributed by atoms with Gasteiger partial charge in [0.25, 0.3) is 0 Å². The smallest absolute Gasteiger partial charge is 0.234 e. The van der Waals surface area contributed by atoms with Gasteiger partial charge in [0, 0.05) is 39.0 Å². The summed E-state index contributed by atoms with van der Waals surface area (Å²) in [6.45, 7) is 6.59. The average molecular weight is 497 g/mol. The first kappa shape index (κ1) is 23.1. The fourth-order valence-electron chi connectivity index (χ4n) is 4.12. The van der Waals surface area contributed by atoms with E-state index in [0.29, 0.717) is 11.7 Å². The molecule has 0 saturated carbocycles. The fraction of sp³-hybridized carbons (Fsp3) is 0.107. The van der Waals surface area contributed by atoms with Gasteiger partial charge in [-0.2, -0.15) is 0 Å². The normalized spacial score (nSPS) is 11.0. The topological polar surface area (TPSA) is 59.8 Å². The van der Waals surface area contributed by atoms with Crippen LogP contribution in [0, 0.1) is 6.92 Å². The van der Waals surface area contributed by atoms with Crippen LogP contribution in [0.5, 0.6) is 0 Å². The molecule has 5 aromatic rings. The number of carbonyl (C=O) groups excluding carboxylic acids is 1. The Morgan fingerprint density at radius 2 is 1.83 bits per heavy atom. The molecule has 0 aliphatic heterocycles. The summed E-state index contributed by atoms with van der Waals surface area (Å²) in [5.74, 6) is 0.926. The third-order valence-corrected chi connectivity index (χ3v) is 7.58. The van der Waals surface area contributed by atoms with Gasteiger partial charge in [-0.3, -0.25) is 9.36 Å². The number of aromatic nitrogens is 3. The van der Waals surface area contributed by atoms with Crippen molar-refractivity contribution in [1.29, 1.82) is 0 Å². The van der Waals surface area contributed by atoms with Crippen molar-refractivity contribution >= 4 is 45.5 Å². The molecule has 0 aliphatic carbocycles. The number of amides is 1. The predicted octanol–water partition coefficient (Wildman–Crippen LogP) is 7.05. The zero-order chi connectivity index (χ0) is 24.2. The number of hydrogen-bond acceptors (Lipinski definition) is 5. The maximum absolute atomic E-state index is 12.8. The van der Waals surface area contributed by atoms with Gasteiger partial charge in [-0.25, -0.2) is 0 Å². The molecule has 1 amide bonds.